The molecular weight excluding hydrogens is 286 g/mol. The lowest BCUT2D eigenvalue weighted by atomic mass is 10.2. The molecule has 0 saturated carbocycles. The van der Waals surface area contributed by atoms with Crippen molar-refractivity contribution in [2.45, 2.75) is 16.7 Å². The lowest BCUT2D eigenvalue weighted by Crippen LogP contribution is -1.91. The van der Waals surface area contributed by atoms with E-state index in [0.29, 0.717) is 4.90 Å². The van der Waals surface area contributed by atoms with E-state index >= 15 is 0 Å². The van der Waals surface area contributed by atoms with Gasteiger partial charge in [0.1, 0.15) is 10.8 Å². The summed E-state index contributed by atoms with van der Waals surface area (Å²) in [5, 5.41) is 20.6. The average Bonchev–Trinajstić information content (AvgIpc) is 2.35. The van der Waals surface area contributed by atoms with Gasteiger partial charge in [-0.05, 0) is 30.7 Å². The maximum absolute atomic E-state index is 10.8. The Kier molecular flexibility index (Phi) is 3.97. The number of aromatic hydroxyl groups is 1. The van der Waals surface area contributed by atoms with Crippen molar-refractivity contribution >= 4 is 29.1 Å². The summed E-state index contributed by atoms with van der Waals surface area (Å²) in [4.78, 5) is 11.7. The van der Waals surface area contributed by atoms with Gasteiger partial charge in [-0.25, -0.2) is 0 Å². The van der Waals surface area contributed by atoms with Gasteiger partial charge in [-0.15, -0.1) is 0 Å². The zero-order valence-corrected chi connectivity index (χ0v) is 11.5. The number of para-hydroxylation sites is 1. The molecule has 2 aromatic carbocycles. The summed E-state index contributed by atoms with van der Waals surface area (Å²) >= 11 is 7.20. The van der Waals surface area contributed by atoms with Gasteiger partial charge in [0.2, 0.25) is 0 Å². The van der Waals surface area contributed by atoms with E-state index < -0.39 is 4.92 Å². The molecule has 2 rings (SSSR count). The van der Waals surface area contributed by atoms with Crippen LogP contribution in [-0.2, 0) is 0 Å². The van der Waals surface area contributed by atoms with Crippen LogP contribution < -0.4 is 0 Å². The van der Waals surface area contributed by atoms with Crippen LogP contribution >= 0.6 is 23.4 Å². The molecule has 0 heterocycles. The molecule has 1 N–H and O–H groups in total. The molecule has 0 amide bonds. The van der Waals surface area contributed by atoms with E-state index in [1.807, 2.05) is 6.07 Å². The van der Waals surface area contributed by atoms with Crippen LogP contribution in [0, 0.1) is 17.0 Å². The Bertz CT molecular complexity index is 646. The third-order valence-corrected chi connectivity index (χ3v) is 4.05. The monoisotopic (exact) mass is 295 g/mol. The molecule has 0 bridgehead atoms. The Morgan fingerprint density at radius 2 is 1.95 bits per heavy atom. The first-order valence-electron chi connectivity index (χ1n) is 5.39. The van der Waals surface area contributed by atoms with Crippen LogP contribution in [0.4, 0.5) is 5.69 Å². The highest BCUT2D eigenvalue weighted by Crippen LogP contribution is 2.39. The highest BCUT2D eigenvalue weighted by molar-refractivity contribution is 7.99. The van der Waals surface area contributed by atoms with E-state index in [-0.39, 0.29) is 16.5 Å². The standard InChI is InChI=1S/C13H10ClNO3S/c1-8-6-10(15(17)18)9(14)7-13(8)19-12-5-3-2-4-11(12)16/h2-7,16H,1H3. The maximum atomic E-state index is 10.8. The number of nitro benzene ring substituents is 1. The van der Waals surface area contributed by atoms with Crippen LogP contribution in [-0.4, -0.2) is 10.0 Å². The van der Waals surface area contributed by atoms with Crippen molar-refractivity contribution in [3.63, 3.8) is 0 Å². The summed E-state index contributed by atoms with van der Waals surface area (Å²) in [6.07, 6.45) is 0. The molecule has 0 aliphatic heterocycles. The van der Waals surface area contributed by atoms with E-state index in [1.54, 1.807) is 31.2 Å². The minimum Gasteiger partial charge on any atom is -0.507 e. The average molecular weight is 296 g/mol. The summed E-state index contributed by atoms with van der Waals surface area (Å²) in [5.74, 6) is 0.168. The number of phenols is 1. The number of hydrogen-bond acceptors (Lipinski definition) is 4. The highest BCUT2D eigenvalue weighted by atomic mass is 35.5. The van der Waals surface area contributed by atoms with Gasteiger partial charge in [0.05, 0.1) is 9.82 Å². The van der Waals surface area contributed by atoms with Gasteiger partial charge in [0.25, 0.3) is 5.69 Å². The van der Waals surface area contributed by atoms with Crippen LogP contribution in [0.25, 0.3) is 0 Å². The number of nitro groups is 1. The molecule has 6 heteroatoms. The summed E-state index contributed by atoms with van der Waals surface area (Å²) in [6.45, 7) is 1.77. The molecule has 19 heavy (non-hydrogen) atoms. The van der Waals surface area contributed by atoms with Crippen LogP contribution in [0.15, 0.2) is 46.2 Å². The molecule has 0 aliphatic rings. The Labute approximate surface area is 119 Å². The summed E-state index contributed by atoms with van der Waals surface area (Å²) in [6, 6.07) is 9.88. The van der Waals surface area contributed by atoms with Gasteiger partial charge >= 0.3 is 0 Å². The second-order valence-electron chi connectivity index (χ2n) is 3.90. The number of benzene rings is 2. The third-order valence-electron chi connectivity index (χ3n) is 2.53. The zero-order chi connectivity index (χ0) is 14.0. The van der Waals surface area contributed by atoms with Crippen LogP contribution in [0.1, 0.15) is 5.56 Å². The fraction of sp³-hybridized carbons (Fsp3) is 0.0769. The van der Waals surface area contributed by atoms with Crippen LogP contribution in [0.5, 0.6) is 5.75 Å². The minimum absolute atomic E-state index is 0.0912. The summed E-state index contributed by atoms with van der Waals surface area (Å²) in [7, 11) is 0. The van der Waals surface area contributed by atoms with Crippen molar-refractivity contribution in [3.8, 4) is 5.75 Å². The van der Waals surface area contributed by atoms with Gasteiger partial charge in [0.15, 0.2) is 0 Å². The first-order chi connectivity index (χ1) is 8.99. The van der Waals surface area contributed by atoms with Gasteiger partial charge in [-0.1, -0.05) is 35.5 Å². The Morgan fingerprint density at radius 3 is 2.58 bits per heavy atom. The Morgan fingerprint density at radius 1 is 1.26 bits per heavy atom. The Balaban J connectivity index is 2.39. The molecule has 4 nitrogen and oxygen atoms in total. The molecule has 0 aliphatic carbocycles. The predicted octanol–water partition coefficient (Wildman–Crippen LogP) is 4.41. The number of rotatable bonds is 3. The molecule has 0 fully saturated rings. The molecule has 0 atom stereocenters. The maximum Gasteiger partial charge on any atom is 0.288 e. The van der Waals surface area contributed by atoms with Crippen LogP contribution in [0.3, 0.4) is 0 Å². The zero-order valence-electron chi connectivity index (χ0n) is 9.96. The topological polar surface area (TPSA) is 63.4 Å². The van der Waals surface area contributed by atoms with E-state index in [0.717, 1.165) is 10.5 Å². The van der Waals surface area contributed by atoms with Crippen molar-refractivity contribution in [1.82, 2.24) is 0 Å². The lowest BCUT2D eigenvalue weighted by Gasteiger charge is -2.08. The molecule has 98 valence electrons. The molecule has 0 radical (unpaired) electrons. The van der Waals surface area contributed by atoms with Crippen LogP contribution in [0.2, 0.25) is 5.02 Å². The summed E-state index contributed by atoms with van der Waals surface area (Å²) < 4.78 is 0. The van der Waals surface area contributed by atoms with E-state index in [9.17, 15) is 15.2 Å². The van der Waals surface area contributed by atoms with Gasteiger partial charge in [-0.3, -0.25) is 10.1 Å². The first kappa shape index (κ1) is 13.7. The molecule has 0 unspecified atom stereocenters. The van der Waals surface area contributed by atoms with Gasteiger partial charge in [0, 0.05) is 11.0 Å². The number of hydrogen-bond donors (Lipinski definition) is 1. The lowest BCUT2D eigenvalue weighted by molar-refractivity contribution is -0.384. The van der Waals surface area contributed by atoms with Gasteiger partial charge < -0.3 is 5.11 Å². The van der Waals surface area contributed by atoms with Crippen molar-refractivity contribution in [2.24, 2.45) is 0 Å². The highest BCUT2D eigenvalue weighted by Gasteiger charge is 2.16. The van der Waals surface area contributed by atoms with E-state index in [2.05, 4.69) is 0 Å². The number of halogens is 1. The van der Waals surface area contributed by atoms with Crippen molar-refractivity contribution < 1.29 is 10.0 Å². The second-order valence-corrected chi connectivity index (χ2v) is 5.39. The van der Waals surface area contributed by atoms with E-state index in [1.165, 1.54) is 17.8 Å². The smallest absolute Gasteiger partial charge is 0.288 e. The molecular formula is C13H10ClNO3S. The quantitative estimate of drug-likeness (QED) is 0.673. The normalized spacial score (nSPS) is 10.4. The minimum atomic E-state index is -0.510. The second kappa shape index (κ2) is 5.50. The van der Waals surface area contributed by atoms with Crippen molar-refractivity contribution in [1.29, 1.82) is 0 Å². The number of nitrogens with zero attached hydrogens (tertiary/aromatic N) is 1. The SMILES string of the molecule is Cc1cc([N+](=O)[O-])c(Cl)cc1Sc1ccccc1O. The van der Waals surface area contributed by atoms with Crippen molar-refractivity contribution in [3.05, 3.63) is 57.1 Å². The third kappa shape index (κ3) is 3.00. The van der Waals surface area contributed by atoms with Crippen molar-refractivity contribution in [2.75, 3.05) is 0 Å². The fourth-order valence-electron chi connectivity index (χ4n) is 1.56. The molecule has 2 aromatic rings. The Hall–Kier alpha value is -1.72. The largest absolute Gasteiger partial charge is 0.507 e. The van der Waals surface area contributed by atoms with E-state index in [4.69, 9.17) is 11.6 Å². The number of aryl methyl sites for hydroxylation is 1. The molecule has 0 saturated heterocycles. The predicted molar refractivity (Wildman–Crippen MR) is 75.1 cm³/mol. The molecule has 0 aromatic heterocycles. The summed E-state index contributed by atoms with van der Waals surface area (Å²) in [5.41, 5.74) is 0.630. The van der Waals surface area contributed by atoms with Gasteiger partial charge in [-0.2, -0.15) is 0 Å². The molecule has 0 spiro atoms. The fourth-order valence-corrected chi connectivity index (χ4v) is 2.81. The first-order valence-corrected chi connectivity index (χ1v) is 6.59. The number of phenolic OH excluding ortho intramolecular Hbond substituents is 1.